The van der Waals surface area contributed by atoms with E-state index in [1.54, 1.807) is 12.1 Å². The van der Waals surface area contributed by atoms with Crippen LogP contribution in [0.4, 0.5) is 14.5 Å². The van der Waals surface area contributed by atoms with Crippen molar-refractivity contribution in [1.29, 1.82) is 0 Å². The number of halogens is 2. The molecule has 6 heteroatoms. The van der Waals surface area contributed by atoms with Gasteiger partial charge in [-0.05, 0) is 49.3 Å². The van der Waals surface area contributed by atoms with Crippen molar-refractivity contribution in [2.75, 3.05) is 31.5 Å². The Kier molecular flexibility index (Phi) is 5.84. The molecule has 1 saturated heterocycles. The summed E-state index contributed by atoms with van der Waals surface area (Å²) in [4.78, 5) is 4.24. The van der Waals surface area contributed by atoms with Crippen LogP contribution in [0.5, 0.6) is 0 Å². The van der Waals surface area contributed by atoms with E-state index in [1.807, 2.05) is 12.1 Å². The van der Waals surface area contributed by atoms with Crippen molar-refractivity contribution in [1.82, 2.24) is 9.80 Å². The van der Waals surface area contributed by atoms with E-state index in [4.69, 9.17) is 12.2 Å². The van der Waals surface area contributed by atoms with Crippen LogP contribution in [-0.2, 0) is 6.54 Å². The van der Waals surface area contributed by atoms with Gasteiger partial charge in [0.1, 0.15) is 0 Å². The lowest BCUT2D eigenvalue weighted by atomic mass is 10.1. The van der Waals surface area contributed by atoms with Gasteiger partial charge in [0.25, 0.3) is 0 Å². The molecule has 1 fully saturated rings. The summed E-state index contributed by atoms with van der Waals surface area (Å²) in [6.07, 6.45) is 0. The summed E-state index contributed by atoms with van der Waals surface area (Å²) >= 11 is 5.55. The average Bonchev–Trinajstić information content (AvgIpc) is 2.63. The van der Waals surface area contributed by atoms with Crippen LogP contribution in [0.2, 0.25) is 0 Å². The first-order chi connectivity index (χ1) is 12.5. The number of hydrogen-bond acceptors (Lipinski definition) is 2. The normalized spacial score (nSPS) is 15.2. The third kappa shape index (κ3) is 4.19. The molecule has 0 radical (unpaired) electrons. The summed E-state index contributed by atoms with van der Waals surface area (Å²) in [5.74, 6) is -1.54. The molecule has 2 aromatic carbocycles. The first kappa shape index (κ1) is 18.7. The minimum atomic E-state index is -0.792. The highest BCUT2D eigenvalue weighted by Crippen LogP contribution is 2.19. The molecule has 0 spiro atoms. The summed E-state index contributed by atoms with van der Waals surface area (Å²) < 4.78 is 27.2. The highest BCUT2D eigenvalue weighted by molar-refractivity contribution is 7.80. The molecule has 0 saturated carbocycles. The maximum Gasteiger partial charge on any atom is 0.173 e. The lowest BCUT2D eigenvalue weighted by molar-refractivity contribution is 0.175. The van der Waals surface area contributed by atoms with Gasteiger partial charge in [-0.1, -0.05) is 24.3 Å². The molecule has 1 aliphatic rings. The van der Waals surface area contributed by atoms with Crippen molar-refractivity contribution in [2.45, 2.75) is 20.4 Å². The third-order valence-electron chi connectivity index (χ3n) is 4.93. The van der Waals surface area contributed by atoms with Gasteiger partial charge in [-0.15, -0.1) is 0 Å². The Morgan fingerprint density at radius 3 is 2.46 bits per heavy atom. The summed E-state index contributed by atoms with van der Waals surface area (Å²) in [6, 6.07) is 10.4. The molecule has 1 N–H and O–H groups in total. The van der Waals surface area contributed by atoms with Crippen molar-refractivity contribution in [2.24, 2.45) is 0 Å². The lowest BCUT2D eigenvalue weighted by Gasteiger charge is -2.36. The Hall–Kier alpha value is -2.05. The van der Waals surface area contributed by atoms with Crippen LogP contribution in [0.15, 0.2) is 36.4 Å². The quantitative estimate of drug-likeness (QED) is 0.814. The van der Waals surface area contributed by atoms with Crippen molar-refractivity contribution in [3.63, 3.8) is 0 Å². The number of rotatable bonds is 3. The number of benzene rings is 2. The van der Waals surface area contributed by atoms with Crippen molar-refractivity contribution in [3.05, 3.63) is 64.7 Å². The molecule has 3 rings (SSSR count). The minimum absolute atomic E-state index is 0.398. The molecule has 0 atom stereocenters. The number of hydrogen-bond donors (Lipinski definition) is 1. The molecule has 0 bridgehead atoms. The average molecular weight is 375 g/mol. The second-order valence-electron chi connectivity index (χ2n) is 6.65. The fraction of sp³-hybridized carbons (Fsp3) is 0.350. The molecule has 2 aromatic rings. The van der Waals surface area contributed by atoms with E-state index in [0.29, 0.717) is 17.2 Å². The van der Waals surface area contributed by atoms with E-state index in [1.165, 1.54) is 11.1 Å². The SMILES string of the molecule is Cc1cccc(NC(=S)N2CCN(Cc3cccc(F)c3F)CC2)c1C. The first-order valence-electron chi connectivity index (χ1n) is 8.73. The standard InChI is InChI=1S/C20H23F2N3S/c1-14-5-3-8-18(15(14)2)23-20(26)25-11-9-24(10-12-25)13-16-6-4-7-17(21)19(16)22/h3-8H,9-13H2,1-2H3,(H,23,26). The van der Waals surface area contributed by atoms with Crippen LogP contribution in [0.3, 0.4) is 0 Å². The molecule has 26 heavy (non-hydrogen) atoms. The van der Waals surface area contributed by atoms with Gasteiger partial charge in [0, 0.05) is 44.0 Å². The van der Waals surface area contributed by atoms with Crippen LogP contribution in [0, 0.1) is 25.5 Å². The van der Waals surface area contributed by atoms with Crippen molar-refractivity contribution < 1.29 is 8.78 Å². The number of nitrogens with zero attached hydrogens (tertiary/aromatic N) is 2. The highest BCUT2D eigenvalue weighted by atomic mass is 32.1. The zero-order valence-corrected chi connectivity index (χ0v) is 15.9. The second-order valence-corrected chi connectivity index (χ2v) is 7.04. The largest absolute Gasteiger partial charge is 0.346 e. The number of nitrogens with one attached hydrogen (secondary N) is 1. The molecular formula is C20H23F2N3S. The summed E-state index contributed by atoms with van der Waals surface area (Å²) in [5.41, 5.74) is 3.84. The number of piperazine rings is 1. The number of thiocarbonyl (C=S) groups is 1. The van der Waals surface area contributed by atoms with Crippen LogP contribution in [0.25, 0.3) is 0 Å². The molecule has 0 unspecified atom stereocenters. The molecule has 1 heterocycles. The van der Waals surface area contributed by atoms with Gasteiger partial charge in [0.05, 0.1) is 0 Å². The molecule has 1 aliphatic heterocycles. The molecular weight excluding hydrogens is 352 g/mol. The van der Waals surface area contributed by atoms with Gasteiger partial charge in [-0.2, -0.15) is 0 Å². The Morgan fingerprint density at radius 1 is 1.04 bits per heavy atom. The molecule has 138 valence electrons. The monoisotopic (exact) mass is 375 g/mol. The zero-order chi connectivity index (χ0) is 18.7. The van der Waals surface area contributed by atoms with Crippen LogP contribution in [-0.4, -0.2) is 41.1 Å². The van der Waals surface area contributed by atoms with Crippen molar-refractivity contribution in [3.8, 4) is 0 Å². The van der Waals surface area contributed by atoms with Gasteiger partial charge < -0.3 is 10.2 Å². The lowest BCUT2D eigenvalue weighted by Crippen LogP contribution is -2.49. The van der Waals surface area contributed by atoms with E-state index in [-0.39, 0.29) is 0 Å². The molecule has 3 nitrogen and oxygen atoms in total. The fourth-order valence-electron chi connectivity index (χ4n) is 3.10. The van der Waals surface area contributed by atoms with Crippen LogP contribution in [0.1, 0.15) is 16.7 Å². The Labute approximate surface area is 158 Å². The fourth-order valence-corrected chi connectivity index (χ4v) is 3.39. The zero-order valence-electron chi connectivity index (χ0n) is 15.1. The van der Waals surface area contributed by atoms with E-state index in [2.05, 4.69) is 35.0 Å². The van der Waals surface area contributed by atoms with Gasteiger partial charge in [-0.25, -0.2) is 8.78 Å². The van der Waals surface area contributed by atoms with E-state index in [0.717, 1.165) is 37.9 Å². The Bertz CT molecular complexity index is 802. The second kappa shape index (κ2) is 8.10. The number of anilines is 1. The van der Waals surface area contributed by atoms with Gasteiger partial charge in [0.2, 0.25) is 0 Å². The third-order valence-corrected chi connectivity index (χ3v) is 5.29. The minimum Gasteiger partial charge on any atom is -0.346 e. The summed E-state index contributed by atoms with van der Waals surface area (Å²) in [5, 5.41) is 4.04. The van der Waals surface area contributed by atoms with E-state index < -0.39 is 11.6 Å². The Morgan fingerprint density at radius 2 is 1.73 bits per heavy atom. The maximum atomic E-state index is 13.8. The summed E-state index contributed by atoms with van der Waals surface area (Å²) in [6.45, 7) is 7.59. The summed E-state index contributed by atoms with van der Waals surface area (Å²) in [7, 11) is 0. The Balaban J connectivity index is 1.55. The number of aryl methyl sites for hydroxylation is 1. The smallest absolute Gasteiger partial charge is 0.173 e. The van der Waals surface area contributed by atoms with Gasteiger partial charge in [-0.3, -0.25) is 4.90 Å². The molecule has 0 aliphatic carbocycles. The molecule has 0 amide bonds. The van der Waals surface area contributed by atoms with E-state index in [9.17, 15) is 8.78 Å². The first-order valence-corrected chi connectivity index (χ1v) is 9.14. The highest BCUT2D eigenvalue weighted by Gasteiger charge is 2.21. The maximum absolute atomic E-state index is 13.8. The predicted molar refractivity (Wildman–Crippen MR) is 105 cm³/mol. The predicted octanol–water partition coefficient (Wildman–Crippen LogP) is 4.10. The van der Waals surface area contributed by atoms with E-state index >= 15 is 0 Å². The molecule has 0 aromatic heterocycles. The van der Waals surface area contributed by atoms with Gasteiger partial charge >= 0.3 is 0 Å². The van der Waals surface area contributed by atoms with Crippen LogP contribution >= 0.6 is 12.2 Å². The van der Waals surface area contributed by atoms with Crippen LogP contribution < -0.4 is 5.32 Å². The van der Waals surface area contributed by atoms with Gasteiger partial charge in [0.15, 0.2) is 16.7 Å². The van der Waals surface area contributed by atoms with Crippen molar-refractivity contribution >= 4 is 23.0 Å². The topological polar surface area (TPSA) is 18.5 Å².